The van der Waals surface area contributed by atoms with Crippen molar-refractivity contribution in [2.75, 3.05) is 55.7 Å². The van der Waals surface area contributed by atoms with Crippen molar-refractivity contribution >= 4 is 27.5 Å². The monoisotopic (exact) mass is 432 g/mol. The van der Waals surface area contributed by atoms with E-state index in [1.165, 1.54) is 36.3 Å². The molecular formula is C23H34N3O3S+. The van der Waals surface area contributed by atoms with Gasteiger partial charge in [0.25, 0.3) is 0 Å². The molecule has 3 aliphatic rings. The maximum Gasteiger partial charge on any atom is 0.246 e. The summed E-state index contributed by atoms with van der Waals surface area (Å²) in [6.45, 7) is 5.34. The van der Waals surface area contributed by atoms with Gasteiger partial charge in [-0.3, -0.25) is 4.79 Å². The third-order valence-corrected chi connectivity index (χ3v) is 8.58. The van der Waals surface area contributed by atoms with Crippen LogP contribution >= 0.6 is 0 Å². The first-order valence-electron chi connectivity index (χ1n) is 11.4. The second-order valence-corrected chi connectivity index (χ2v) is 11.1. The summed E-state index contributed by atoms with van der Waals surface area (Å²) >= 11 is 0. The zero-order valence-corrected chi connectivity index (χ0v) is 18.6. The van der Waals surface area contributed by atoms with E-state index in [1.807, 2.05) is 11.0 Å². The Morgan fingerprint density at radius 2 is 1.63 bits per heavy atom. The molecule has 0 radical (unpaired) electrons. The standard InChI is InChI=1S/C23H33N3O3S/c27-23(26-16-14-25(15-17-26)22-11-18-30(28,29)19-22)10-7-20-5-8-21(9-6-20)24-12-3-1-2-4-13-24/h5-10,22H,1-4,11-19H2/p+1/b10-7+/t22-/m1/s1. The second kappa shape index (κ2) is 9.52. The lowest BCUT2D eigenvalue weighted by Crippen LogP contribution is -3.18. The molecule has 1 N–H and O–H groups in total. The average molecular weight is 433 g/mol. The van der Waals surface area contributed by atoms with Crippen molar-refractivity contribution in [3.8, 4) is 0 Å². The molecular weight excluding hydrogens is 398 g/mol. The van der Waals surface area contributed by atoms with Gasteiger partial charge in [-0.2, -0.15) is 0 Å². The number of sulfone groups is 1. The fourth-order valence-corrected chi connectivity index (χ4v) is 6.76. The molecule has 1 atom stereocenters. The molecule has 30 heavy (non-hydrogen) atoms. The lowest BCUT2D eigenvalue weighted by atomic mass is 10.1. The number of quaternary nitrogens is 1. The summed E-state index contributed by atoms with van der Waals surface area (Å²) in [5.41, 5.74) is 2.32. The van der Waals surface area contributed by atoms with Crippen LogP contribution in [-0.4, -0.2) is 76.0 Å². The molecule has 0 saturated carbocycles. The summed E-state index contributed by atoms with van der Waals surface area (Å²) in [5.74, 6) is 0.678. The smallest absolute Gasteiger partial charge is 0.246 e. The molecule has 4 rings (SSSR count). The predicted molar refractivity (Wildman–Crippen MR) is 120 cm³/mol. The van der Waals surface area contributed by atoms with E-state index in [0.29, 0.717) is 24.6 Å². The van der Waals surface area contributed by atoms with Gasteiger partial charge in [-0.25, -0.2) is 8.42 Å². The Morgan fingerprint density at radius 3 is 2.23 bits per heavy atom. The van der Waals surface area contributed by atoms with E-state index < -0.39 is 9.84 Å². The van der Waals surface area contributed by atoms with Gasteiger partial charge in [-0.1, -0.05) is 25.0 Å². The average Bonchev–Trinajstić information content (AvgIpc) is 2.95. The fraction of sp³-hybridized carbons (Fsp3) is 0.609. The first-order chi connectivity index (χ1) is 14.5. The number of piperazine rings is 1. The van der Waals surface area contributed by atoms with E-state index in [9.17, 15) is 13.2 Å². The first kappa shape index (κ1) is 21.4. The van der Waals surface area contributed by atoms with Crippen LogP contribution in [-0.2, 0) is 14.6 Å². The van der Waals surface area contributed by atoms with Crippen LogP contribution in [0, 0.1) is 0 Å². The molecule has 3 aliphatic heterocycles. The van der Waals surface area contributed by atoms with Crippen LogP contribution in [0.3, 0.4) is 0 Å². The topological polar surface area (TPSA) is 62.1 Å². The van der Waals surface area contributed by atoms with Crippen molar-refractivity contribution in [3.05, 3.63) is 35.9 Å². The summed E-state index contributed by atoms with van der Waals surface area (Å²) in [7, 11) is -2.84. The Kier molecular flexibility index (Phi) is 6.78. The van der Waals surface area contributed by atoms with Crippen molar-refractivity contribution in [3.63, 3.8) is 0 Å². The third-order valence-electron chi connectivity index (χ3n) is 6.81. The number of anilines is 1. The van der Waals surface area contributed by atoms with E-state index in [0.717, 1.165) is 38.2 Å². The predicted octanol–water partition coefficient (Wildman–Crippen LogP) is 0.994. The number of rotatable bonds is 4. The number of hydrogen-bond acceptors (Lipinski definition) is 4. The molecule has 3 fully saturated rings. The Balaban J connectivity index is 1.27. The SMILES string of the molecule is O=C(/C=C/c1ccc(N2CCCCCC2)cc1)N1CC[NH+]([C@@H]2CCS(=O)(=O)C2)CC1. The quantitative estimate of drug-likeness (QED) is 0.721. The largest absolute Gasteiger partial charge is 0.372 e. The number of nitrogens with zero attached hydrogens (tertiary/aromatic N) is 2. The van der Waals surface area contributed by atoms with Gasteiger partial charge in [0.05, 0.1) is 31.9 Å². The molecule has 1 aromatic rings. The molecule has 7 heteroatoms. The Morgan fingerprint density at radius 1 is 0.967 bits per heavy atom. The van der Waals surface area contributed by atoms with Gasteiger partial charge in [0.15, 0.2) is 9.84 Å². The minimum Gasteiger partial charge on any atom is -0.372 e. The van der Waals surface area contributed by atoms with Crippen LogP contribution in [0.2, 0.25) is 0 Å². The summed E-state index contributed by atoms with van der Waals surface area (Å²) in [4.78, 5) is 18.3. The van der Waals surface area contributed by atoms with Crippen molar-refractivity contribution < 1.29 is 18.1 Å². The zero-order valence-electron chi connectivity index (χ0n) is 17.8. The van der Waals surface area contributed by atoms with Crippen molar-refractivity contribution in [1.29, 1.82) is 0 Å². The van der Waals surface area contributed by atoms with Gasteiger partial charge in [-0.05, 0) is 36.6 Å². The maximum absolute atomic E-state index is 12.6. The normalized spacial score (nSPS) is 25.5. The number of carbonyl (C=O) groups excluding carboxylic acids is 1. The summed E-state index contributed by atoms with van der Waals surface area (Å²) in [6.07, 6.45) is 9.52. The van der Waals surface area contributed by atoms with Gasteiger partial charge in [0.1, 0.15) is 11.8 Å². The van der Waals surface area contributed by atoms with Gasteiger partial charge in [0.2, 0.25) is 5.91 Å². The number of amides is 1. The van der Waals surface area contributed by atoms with E-state index in [4.69, 9.17) is 0 Å². The molecule has 1 amide bonds. The van der Waals surface area contributed by atoms with Crippen LogP contribution in [0.15, 0.2) is 30.3 Å². The highest BCUT2D eigenvalue weighted by atomic mass is 32.2. The molecule has 0 bridgehead atoms. The highest BCUT2D eigenvalue weighted by Gasteiger charge is 2.37. The van der Waals surface area contributed by atoms with E-state index in [2.05, 4.69) is 29.2 Å². The first-order valence-corrected chi connectivity index (χ1v) is 13.2. The second-order valence-electron chi connectivity index (χ2n) is 8.91. The Labute approximate surface area is 180 Å². The van der Waals surface area contributed by atoms with Gasteiger partial charge in [-0.15, -0.1) is 0 Å². The molecule has 6 nitrogen and oxygen atoms in total. The molecule has 0 aromatic heterocycles. The molecule has 0 spiro atoms. The number of benzene rings is 1. The van der Waals surface area contributed by atoms with E-state index >= 15 is 0 Å². The lowest BCUT2D eigenvalue weighted by molar-refractivity contribution is -0.925. The number of hydrogen-bond donors (Lipinski definition) is 1. The van der Waals surface area contributed by atoms with Crippen molar-refractivity contribution in [2.24, 2.45) is 0 Å². The highest BCUT2D eigenvalue weighted by Crippen LogP contribution is 2.20. The van der Waals surface area contributed by atoms with Crippen LogP contribution in [0.5, 0.6) is 0 Å². The Bertz CT molecular complexity index is 850. The van der Waals surface area contributed by atoms with Gasteiger partial charge < -0.3 is 14.7 Å². The van der Waals surface area contributed by atoms with Crippen LogP contribution < -0.4 is 9.80 Å². The Hall–Kier alpha value is -1.86. The van der Waals surface area contributed by atoms with Gasteiger partial charge >= 0.3 is 0 Å². The number of nitrogens with one attached hydrogen (secondary N) is 1. The van der Waals surface area contributed by atoms with Crippen LogP contribution in [0.25, 0.3) is 6.08 Å². The molecule has 164 valence electrons. The van der Waals surface area contributed by atoms with Crippen molar-refractivity contribution in [1.82, 2.24) is 4.90 Å². The minimum atomic E-state index is -2.84. The summed E-state index contributed by atoms with van der Waals surface area (Å²) < 4.78 is 23.4. The van der Waals surface area contributed by atoms with Crippen LogP contribution in [0.1, 0.15) is 37.7 Å². The third kappa shape index (κ3) is 5.43. The maximum atomic E-state index is 12.6. The van der Waals surface area contributed by atoms with Crippen molar-refractivity contribution in [2.45, 2.75) is 38.1 Å². The fourth-order valence-electron chi connectivity index (χ4n) is 4.94. The molecule has 0 unspecified atom stereocenters. The zero-order chi connectivity index (χ0) is 21.0. The lowest BCUT2D eigenvalue weighted by Gasteiger charge is -2.34. The van der Waals surface area contributed by atoms with Gasteiger partial charge in [0, 0.05) is 31.3 Å². The van der Waals surface area contributed by atoms with E-state index in [-0.39, 0.29) is 11.9 Å². The molecule has 0 aliphatic carbocycles. The molecule has 3 saturated heterocycles. The van der Waals surface area contributed by atoms with E-state index in [1.54, 1.807) is 6.08 Å². The highest BCUT2D eigenvalue weighted by molar-refractivity contribution is 7.91. The summed E-state index contributed by atoms with van der Waals surface area (Å²) in [5, 5.41) is 0. The molecule has 3 heterocycles. The number of carbonyl (C=O) groups is 1. The summed E-state index contributed by atoms with van der Waals surface area (Å²) in [6, 6.07) is 8.71. The van der Waals surface area contributed by atoms with Crippen LogP contribution in [0.4, 0.5) is 5.69 Å². The molecule has 1 aromatic carbocycles. The minimum absolute atomic E-state index is 0.0460.